The van der Waals surface area contributed by atoms with E-state index in [1.165, 1.54) is 12.8 Å². The molecule has 2 aromatic heterocycles. The van der Waals surface area contributed by atoms with Crippen LogP contribution in [0.1, 0.15) is 18.7 Å². The van der Waals surface area contributed by atoms with Gasteiger partial charge in [-0.05, 0) is 31.5 Å². The Morgan fingerprint density at radius 1 is 1.48 bits per heavy atom. The highest BCUT2D eigenvalue weighted by Gasteiger charge is 2.20. The first kappa shape index (κ1) is 14.2. The summed E-state index contributed by atoms with van der Waals surface area (Å²) in [5.41, 5.74) is 0. The summed E-state index contributed by atoms with van der Waals surface area (Å²) in [6.45, 7) is 3.19. The Hall–Kier alpha value is -1.70. The van der Waals surface area contributed by atoms with Crippen molar-refractivity contribution in [1.29, 1.82) is 0 Å². The van der Waals surface area contributed by atoms with E-state index in [1.54, 1.807) is 18.4 Å². The lowest BCUT2D eigenvalue weighted by Gasteiger charge is -2.23. The highest BCUT2D eigenvalue weighted by Crippen LogP contribution is 2.17. The van der Waals surface area contributed by atoms with E-state index in [4.69, 9.17) is 8.94 Å². The molecule has 1 aliphatic heterocycles. The normalized spacial score (nSPS) is 18.7. The monoisotopic (exact) mass is 292 g/mol. The van der Waals surface area contributed by atoms with Crippen molar-refractivity contribution in [3.05, 3.63) is 24.3 Å². The maximum Gasteiger partial charge on any atom is 0.241 e. The Morgan fingerprint density at radius 2 is 2.43 bits per heavy atom. The summed E-state index contributed by atoms with van der Waals surface area (Å²) in [5, 5.41) is 16.6. The van der Waals surface area contributed by atoms with Crippen molar-refractivity contribution in [2.75, 3.05) is 26.2 Å². The molecule has 3 heterocycles. The van der Waals surface area contributed by atoms with E-state index < -0.39 is 0 Å². The van der Waals surface area contributed by atoms with Crippen molar-refractivity contribution in [3.63, 3.8) is 0 Å². The van der Waals surface area contributed by atoms with E-state index in [0.29, 0.717) is 36.6 Å². The molecule has 7 nitrogen and oxygen atoms in total. The van der Waals surface area contributed by atoms with Crippen molar-refractivity contribution in [3.8, 4) is 11.6 Å². The lowest BCUT2D eigenvalue weighted by atomic mass is 10.2. The maximum absolute atomic E-state index is 9.20. The van der Waals surface area contributed by atoms with Gasteiger partial charge in [-0.25, -0.2) is 0 Å². The quantitative estimate of drug-likeness (QED) is 0.783. The van der Waals surface area contributed by atoms with E-state index in [0.717, 1.165) is 13.1 Å². The molecule has 21 heavy (non-hydrogen) atoms. The van der Waals surface area contributed by atoms with Crippen LogP contribution in [0, 0.1) is 0 Å². The molecule has 114 valence electrons. The van der Waals surface area contributed by atoms with Crippen LogP contribution in [0.4, 0.5) is 0 Å². The van der Waals surface area contributed by atoms with E-state index in [1.807, 2.05) is 0 Å². The number of nitrogens with one attached hydrogen (secondary N) is 1. The Kier molecular flexibility index (Phi) is 4.64. The fraction of sp³-hybridized carbons (Fsp3) is 0.571. The molecule has 1 fully saturated rings. The molecule has 0 radical (unpaired) electrons. The maximum atomic E-state index is 9.20. The fourth-order valence-corrected chi connectivity index (χ4v) is 2.62. The highest BCUT2D eigenvalue weighted by molar-refractivity contribution is 5.44. The Balaban J connectivity index is 1.62. The molecular weight excluding hydrogens is 272 g/mol. The third-order valence-electron chi connectivity index (χ3n) is 3.63. The number of aliphatic hydroxyl groups excluding tert-OH is 1. The summed E-state index contributed by atoms with van der Waals surface area (Å²) in [6, 6.07) is 4.06. The van der Waals surface area contributed by atoms with Crippen LogP contribution in [-0.4, -0.2) is 52.4 Å². The van der Waals surface area contributed by atoms with Crippen molar-refractivity contribution in [2.24, 2.45) is 0 Å². The zero-order valence-electron chi connectivity index (χ0n) is 11.9. The summed E-state index contributed by atoms with van der Waals surface area (Å²) in [6.07, 6.45) is 3.96. The zero-order valence-corrected chi connectivity index (χ0v) is 11.9. The van der Waals surface area contributed by atoms with Gasteiger partial charge in [0, 0.05) is 19.1 Å². The van der Waals surface area contributed by atoms with Gasteiger partial charge >= 0.3 is 0 Å². The first-order valence-corrected chi connectivity index (χ1v) is 7.28. The van der Waals surface area contributed by atoms with Crippen LogP contribution in [0.2, 0.25) is 0 Å². The zero-order chi connectivity index (χ0) is 14.5. The van der Waals surface area contributed by atoms with Gasteiger partial charge in [-0.1, -0.05) is 5.16 Å². The SMILES string of the molecule is OCCN(Cc1nc(-c2ccco2)no1)CC1CCCN1. The molecule has 0 spiro atoms. The smallest absolute Gasteiger partial charge is 0.241 e. The number of hydrogen-bond acceptors (Lipinski definition) is 7. The lowest BCUT2D eigenvalue weighted by Crippen LogP contribution is -2.38. The summed E-state index contributed by atoms with van der Waals surface area (Å²) in [5.74, 6) is 1.59. The van der Waals surface area contributed by atoms with Crippen LogP contribution in [-0.2, 0) is 6.54 Å². The van der Waals surface area contributed by atoms with E-state index in [2.05, 4.69) is 20.4 Å². The molecule has 1 atom stereocenters. The fourth-order valence-electron chi connectivity index (χ4n) is 2.62. The Morgan fingerprint density at radius 3 is 3.14 bits per heavy atom. The molecule has 7 heteroatoms. The van der Waals surface area contributed by atoms with Crippen LogP contribution in [0.25, 0.3) is 11.6 Å². The molecule has 0 aromatic carbocycles. The predicted molar refractivity (Wildman–Crippen MR) is 75.4 cm³/mol. The van der Waals surface area contributed by atoms with Gasteiger partial charge in [0.2, 0.25) is 11.7 Å². The van der Waals surface area contributed by atoms with Crippen molar-refractivity contribution in [1.82, 2.24) is 20.4 Å². The number of furan rings is 1. The minimum Gasteiger partial charge on any atom is -0.461 e. The van der Waals surface area contributed by atoms with E-state index in [9.17, 15) is 5.11 Å². The minimum absolute atomic E-state index is 0.117. The largest absolute Gasteiger partial charge is 0.461 e. The van der Waals surface area contributed by atoms with Gasteiger partial charge in [-0.3, -0.25) is 4.90 Å². The van der Waals surface area contributed by atoms with Crippen molar-refractivity contribution >= 4 is 0 Å². The molecule has 0 bridgehead atoms. The number of hydrogen-bond donors (Lipinski definition) is 2. The van der Waals surface area contributed by atoms with Gasteiger partial charge in [0.15, 0.2) is 5.76 Å². The van der Waals surface area contributed by atoms with Crippen LogP contribution in [0.5, 0.6) is 0 Å². The van der Waals surface area contributed by atoms with Crippen LogP contribution in [0.3, 0.4) is 0 Å². The second-order valence-electron chi connectivity index (χ2n) is 5.24. The first-order valence-electron chi connectivity index (χ1n) is 7.28. The third-order valence-corrected chi connectivity index (χ3v) is 3.63. The van der Waals surface area contributed by atoms with Crippen LogP contribution >= 0.6 is 0 Å². The Labute approximate surface area is 122 Å². The number of aromatic nitrogens is 2. The molecule has 1 unspecified atom stereocenters. The summed E-state index contributed by atoms with van der Waals surface area (Å²) >= 11 is 0. The average Bonchev–Trinajstić information content (AvgIpc) is 3.21. The average molecular weight is 292 g/mol. The molecule has 2 aromatic rings. The van der Waals surface area contributed by atoms with Gasteiger partial charge in [0.05, 0.1) is 19.4 Å². The number of nitrogens with zero attached hydrogens (tertiary/aromatic N) is 3. The summed E-state index contributed by atoms with van der Waals surface area (Å²) < 4.78 is 10.5. The highest BCUT2D eigenvalue weighted by atomic mass is 16.5. The van der Waals surface area contributed by atoms with Crippen molar-refractivity contribution < 1.29 is 14.0 Å². The number of aliphatic hydroxyl groups is 1. The molecule has 0 aliphatic carbocycles. The van der Waals surface area contributed by atoms with Gasteiger partial charge in [-0.2, -0.15) is 4.98 Å². The summed E-state index contributed by atoms with van der Waals surface area (Å²) in [7, 11) is 0. The topological polar surface area (TPSA) is 87.6 Å². The first-order chi connectivity index (χ1) is 10.3. The van der Waals surface area contributed by atoms with Gasteiger partial charge < -0.3 is 19.4 Å². The van der Waals surface area contributed by atoms with Gasteiger partial charge in [-0.15, -0.1) is 0 Å². The van der Waals surface area contributed by atoms with Gasteiger partial charge in [0.25, 0.3) is 0 Å². The molecule has 3 rings (SSSR count). The third kappa shape index (κ3) is 3.69. The second kappa shape index (κ2) is 6.84. The molecule has 0 saturated carbocycles. The second-order valence-corrected chi connectivity index (χ2v) is 5.24. The summed E-state index contributed by atoms with van der Waals surface area (Å²) in [4.78, 5) is 6.46. The van der Waals surface area contributed by atoms with E-state index >= 15 is 0 Å². The van der Waals surface area contributed by atoms with Gasteiger partial charge in [0.1, 0.15) is 0 Å². The minimum atomic E-state index is 0.117. The van der Waals surface area contributed by atoms with E-state index in [-0.39, 0.29) is 6.61 Å². The molecule has 2 N–H and O–H groups in total. The Bertz CT molecular complexity index is 534. The molecule has 1 aliphatic rings. The molecule has 0 amide bonds. The lowest BCUT2D eigenvalue weighted by molar-refractivity contribution is 0.163. The standard InChI is InChI=1S/C14H20N4O3/c19-7-6-18(9-11-3-1-5-15-11)10-13-16-14(17-21-13)12-4-2-8-20-12/h2,4,8,11,15,19H,1,3,5-7,9-10H2. The predicted octanol–water partition coefficient (Wildman–Crippen LogP) is 0.876. The van der Waals surface area contributed by atoms with Crippen LogP contribution < -0.4 is 5.32 Å². The number of rotatable bonds is 7. The molecule has 1 saturated heterocycles. The van der Waals surface area contributed by atoms with Crippen LogP contribution in [0.15, 0.2) is 27.3 Å². The van der Waals surface area contributed by atoms with Crippen molar-refractivity contribution in [2.45, 2.75) is 25.4 Å². The molecular formula is C14H20N4O3.